The summed E-state index contributed by atoms with van der Waals surface area (Å²) in [4.78, 5) is 5.02. The van der Waals surface area contributed by atoms with E-state index in [2.05, 4.69) is 59.8 Å². The number of hydrogen-bond donors (Lipinski definition) is 0. The zero-order valence-electron chi connectivity index (χ0n) is 12.3. The molecule has 0 atom stereocenters. The largest absolute Gasteiger partial charge is 0.283 e. The summed E-state index contributed by atoms with van der Waals surface area (Å²) >= 11 is 0. The lowest BCUT2D eigenvalue weighted by atomic mass is 9.76. The van der Waals surface area contributed by atoms with Crippen molar-refractivity contribution in [2.24, 2.45) is 10.4 Å². The van der Waals surface area contributed by atoms with E-state index in [1.807, 2.05) is 0 Å². The van der Waals surface area contributed by atoms with Crippen LogP contribution in [0.2, 0.25) is 0 Å². The molecule has 0 heterocycles. The van der Waals surface area contributed by atoms with Gasteiger partial charge in [0.1, 0.15) is 0 Å². The fraction of sp³-hybridized carbons (Fsp3) is 0.688. The Bertz CT molecular complexity index is 348. The molecule has 1 nitrogen and oxygen atoms in total. The van der Waals surface area contributed by atoms with Crippen LogP contribution in [0.25, 0.3) is 0 Å². The van der Waals surface area contributed by atoms with Crippen molar-refractivity contribution in [1.82, 2.24) is 0 Å². The maximum atomic E-state index is 5.02. The highest BCUT2D eigenvalue weighted by molar-refractivity contribution is 6.02. The molecule has 0 aromatic carbocycles. The van der Waals surface area contributed by atoms with Crippen LogP contribution in [-0.2, 0) is 0 Å². The molecule has 1 heteroatoms. The molecule has 0 N–H and O–H groups in total. The minimum Gasteiger partial charge on any atom is -0.283 e. The molecule has 0 aliphatic heterocycles. The molecule has 0 saturated carbocycles. The molecule has 0 amide bonds. The highest BCUT2D eigenvalue weighted by atomic mass is 14.9. The molecule has 0 radical (unpaired) electrons. The number of hydrogen-bond acceptors (Lipinski definition) is 1. The van der Waals surface area contributed by atoms with Crippen LogP contribution in [0.15, 0.2) is 28.8 Å². The van der Waals surface area contributed by atoms with Gasteiger partial charge in [-0.15, -0.1) is 0 Å². The maximum Gasteiger partial charge on any atom is 0.0603 e. The van der Waals surface area contributed by atoms with E-state index in [1.165, 1.54) is 17.7 Å². The molecule has 1 rings (SSSR count). The molecule has 0 spiro atoms. The second-order valence-electron chi connectivity index (χ2n) is 6.36. The van der Waals surface area contributed by atoms with Crippen molar-refractivity contribution < 1.29 is 0 Å². The molecule has 0 aromatic heterocycles. The second kappa shape index (κ2) is 5.20. The van der Waals surface area contributed by atoms with Crippen LogP contribution < -0.4 is 0 Å². The lowest BCUT2D eigenvalue weighted by Crippen LogP contribution is -2.35. The van der Waals surface area contributed by atoms with Crippen LogP contribution in [0.4, 0.5) is 0 Å². The van der Waals surface area contributed by atoms with Crippen LogP contribution in [0.3, 0.4) is 0 Å². The van der Waals surface area contributed by atoms with Gasteiger partial charge in [0.2, 0.25) is 0 Å². The van der Waals surface area contributed by atoms with E-state index in [-0.39, 0.29) is 11.0 Å². The van der Waals surface area contributed by atoms with Crippen molar-refractivity contribution in [3.63, 3.8) is 0 Å². The van der Waals surface area contributed by atoms with Crippen molar-refractivity contribution in [1.29, 1.82) is 0 Å². The van der Waals surface area contributed by atoms with Crippen LogP contribution in [0.5, 0.6) is 0 Å². The molecular weight excluding hydrogens is 206 g/mol. The Balaban J connectivity index is 3.02. The summed E-state index contributed by atoms with van der Waals surface area (Å²) in [5, 5.41) is 0. The monoisotopic (exact) mass is 233 g/mol. The van der Waals surface area contributed by atoms with E-state index >= 15 is 0 Å². The molecule has 17 heavy (non-hydrogen) atoms. The number of aliphatic imine (C=N–C) groups is 1. The lowest BCUT2D eigenvalue weighted by Gasteiger charge is -2.36. The van der Waals surface area contributed by atoms with Crippen molar-refractivity contribution in [2.75, 3.05) is 0 Å². The molecule has 0 bridgehead atoms. The van der Waals surface area contributed by atoms with Crippen LogP contribution >= 0.6 is 0 Å². The van der Waals surface area contributed by atoms with Gasteiger partial charge >= 0.3 is 0 Å². The molecule has 1 aliphatic rings. The standard InChI is InChI=1S/C16H27N/c1-7-14(13-11-9-8-10-12-13)17-16(5,6)15(2,3)4/h9,11-12H,7-8,10H2,1-6H3. The zero-order chi connectivity index (χ0) is 13.1. The van der Waals surface area contributed by atoms with Gasteiger partial charge in [-0.1, -0.05) is 45.9 Å². The number of rotatable bonds is 3. The van der Waals surface area contributed by atoms with Gasteiger partial charge < -0.3 is 0 Å². The smallest absolute Gasteiger partial charge is 0.0603 e. The third-order valence-electron chi connectivity index (χ3n) is 3.91. The minimum absolute atomic E-state index is 0.0233. The molecule has 0 fully saturated rings. The average molecular weight is 233 g/mol. The van der Waals surface area contributed by atoms with Gasteiger partial charge in [0.15, 0.2) is 0 Å². The first kappa shape index (κ1) is 14.2. The first-order chi connectivity index (χ1) is 7.78. The van der Waals surface area contributed by atoms with Crippen molar-refractivity contribution in [3.8, 4) is 0 Å². The summed E-state index contributed by atoms with van der Waals surface area (Å²) in [6.07, 6.45) is 10.1. The van der Waals surface area contributed by atoms with Gasteiger partial charge in [-0.3, -0.25) is 4.99 Å². The SMILES string of the molecule is CCC(=NC(C)(C)C(C)(C)C)C1=CCCC=C1. The van der Waals surface area contributed by atoms with Gasteiger partial charge in [0.05, 0.1) is 5.54 Å². The van der Waals surface area contributed by atoms with E-state index in [9.17, 15) is 0 Å². The second-order valence-corrected chi connectivity index (χ2v) is 6.36. The Labute approximate surface area is 107 Å². The summed E-state index contributed by atoms with van der Waals surface area (Å²) in [6, 6.07) is 0. The number of nitrogens with zero attached hydrogens (tertiary/aromatic N) is 1. The number of allylic oxidation sites excluding steroid dienone is 4. The van der Waals surface area contributed by atoms with E-state index < -0.39 is 0 Å². The minimum atomic E-state index is -0.0233. The van der Waals surface area contributed by atoms with Crippen LogP contribution in [0, 0.1) is 5.41 Å². The molecular formula is C16H27N. The summed E-state index contributed by atoms with van der Waals surface area (Å²) in [5.41, 5.74) is 2.74. The van der Waals surface area contributed by atoms with Gasteiger partial charge in [-0.25, -0.2) is 0 Å². The fourth-order valence-electron chi connectivity index (χ4n) is 1.68. The first-order valence-electron chi connectivity index (χ1n) is 6.74. The van der Waals surface area contributed by atoms with Crippen molar-refractivity contribution >= 4 is 5.71 Å². The maximum absolute atomic E-state index is 5.02. The lowest BCUT2D eigenvalue weighted by molar-refractivity contribution is 0.233. The van der Waals surface area contributed by atoms with E-state index in [0.717, 1.165) is 12.8 Å². The zero-order valence-corrected chi connectivity index (χ0v) is 12.3. The Kier molecular flexibility index (Phi) is 4.35. The average Bonchev–Trinajstić information content (AvgIpc) is 2.25. The van der Waals surface area contributed by atoms with Crippen LogP contribution in [0.1, 0.15) is 60.8 Å². The third kappa shape index (κ3) is 3.55. The Morgan fingerprint density at radius 2 is 1.82 bits per heavy atom. The van der Waals surface area contributed by atoms with Gasteiger partial charge in [0.25, 0.3) is 0 Å². The highest BCUT2D eigenvalue weighted by Crippen LogP contribution is 2.34. The highest BCUT2D eigenvalue weighted by Gasteiger charge is 2.32. The predicted octanol–water partition coefficient (Wildman–Crippen LogP) is 4.94. The Hall–Kier alpha value is -0.850. The van der Waals surface area contributed by atoms with Gasteiger partial charge in [0, 0.05) is 5.71 Å². The summed E-state index contributed by atoms with van der Waals surface area (Å²) < 4.78 is 0. The summed E-state index contributed by atoms with van der Waals surface area (Å²) in [7, 11) is 0. The third-order valence-corrected chi connectivity index (χ3v) is 3.91. The molecule has 1 aliphatic carbocycles. The molecule has 0 saturated heterocycles. The van der Waals surface area contributed by atoms with Crippen LogP contribution in [-0.4, -0.2) is 11.3 Å². The van der Waals surface area contributed by atoms with Crippen molar-refractivity contribution in [3.05, 3.63) is 23.8 Å². The van der Waals surface area contributed by atoms with E-state index in [1.54, 1.807) is 0 Å². The normalized spacial score (nSPS) is 18.2. The Morgan fingerprint density at radius 3 is 2.24 bits per heavy atom. The Morgan fingerprint density at radius 1 is 1.18 bits per heavy atom. The first-order valence-corrected chi connectivity index (χ1v) is 6.74. The predicted molar refractivity (Wildman–Crippen MR) is 77.7 cm³/mol. The van der Waals surface area contributed by atoms with Gasteiger partial charge in [-0.05, 0) is 44.1 Å². The molecule has 0 aromatic rings. The van der Waals surface area contributed by atoms with Crippen molar-refractivity contribution in [2.45, 2.75) is 66.3 Å². The van der Waals surface area contributed by atoms with E-state index in [0.29, 0.717) is 0 Å². The topological polar surface area (TPSA) is 12.4 Å². The molecule has 96 valence electrons. The quantitative estimate of drug-likeness (QED) is 0.612. The van der Waals surface area contributed by atoms with Gasteiger partial charge in [-0.2, -0.15) is 0 Å². The summed E-state index contributed by atoms with van der Waals surface area (Å²) in [6.45, 7) is 13.4. The van der Waals surface area contributed by atoms with E-state index in [4.69, 9.17) is 4.99 Å². The fourth-order valence-corrected chi connectivity index (χ4v) is 1.68. The summed E-state index contributed by atoms with van der Waals surface area (Å²) in [5.74, 6) is 0. The molecule has 0 unspecified atom stereocenters.